The maximum absolute atomic E-state index is 10.2. The van der Waals surface area contributed by atoms with Gasteiger partial charge in [-0.15, -0.1) is 0 Å². The summed E-state index contributed by atoms with van der Waals surface area (Å²) < 4.78 is 2.15. The van der Waals surface area contributed by atoms with Gasteiger partial charge in [-0.2, -0.15) is 0 Å². The Balaban J connectivity index is 1.77. The molecule has 0 aliphatic heterocycles. The second-order valence-corrected chi connectivity index (χ2v) is 5.32. The van der Waals surface area contributed by atoms with Crippen LogP contribution in [0.1, 0.15) is 25.6 Å². The third-order valence-electron chi connectivity index (χ3n) is 3.66. The second kappa shape index (κ2) is 5.31. The Morgan fingerprint density at radius 2 is 2.21 bits per heavy atom. The molecule has 1 atom stereocenters. The van der Waals surface area contributed by atoms with Crippen molar-refractivity contribution in [3.63, 3.8) is 0 Å². The van der Waals surface area contributed by atoms with Crippen molar-refractivity contribution in [1.29, 1.82) is 0 Å². The molecule has 1 aliphatic rings. The number of aromatic nitrogens is 2. The van der Waals surface area contributed by atoms with Crippen molar-refractivity contribution in [3.8, 4) is 0 Å². The molecule has 1 aliphatic carbocycles. The van der Waals surface area contributed by atoms with Crippen LogP contribution >= 0.6 is 0 Å². The third kappa shape index (κ3) is 2.80. The van der Waals surface area contributed by atoms with E-state index in [1.165, 1.54) is 12.8 Å². The first kappa shape index (κ1) is 12.6. The predicted octanol–water partition coefficient (Wildman–Crippen LogP) is 1.71. The Morgan fingerprint density at radius 3 is 2.95 bits per heavy atom. The lowest BCUT2D eigenvalue weighted by molar-refractivity contribution is 0.151. The number of aliphatic hydroxyl groups excluding tert-OH is 1. The van der Waals surface area contributed by atoms with Crippen molar-refractivity contribution in [2.75, 3.05) is 6.54 Å². The number of fused-ring (bicyclic) bond motifs is 1. The lowest BCUT2D eigenvalue weighted by atomic mass is 10.3. The summed E-state index contributed by atoms with van der Waals surface area (Å²) in [5.74, 6) is 1.05. The molecule has 1 fully saturated rings. The molecule has 0 radical (unpaired) electrons. The van der Waals surface area contributed by atoms with E-state index in [1.54, 1.807) is 0 Å². The first-order valence-electron chi connectivity index (χ1n) is 7.13. The lowest BCUT2D eigenvalue weighted by Gasteiger charge is -2.14. The molecule has 19 heavy (non-hydrogen) atoms. The Hall–Kier alpha value is -1.39. The third-order valence-corrected chi connectivity index (χ3v) is 3.66. The van der Waals surface area contributed by atoms with Crippen molar-refractivity contribution in [3.05, 3.63) is 30.1 Å². The Kier molecular flexibility index (Phi) is 3.53. The highest BCUT2D eigenvalue weighted by atomic mass is 16.3. The molecule has 0 spiro atoms. The van der Waals surface area contributed by atoms with E-state index in [9.17, 15) is 5.11 Å². The van der Waals surface area contributed by atoms with Crippen LogP contribution in [-0.2, 0) is 13.0 Å². The standard InChI is InChI=1S/C15H21N3O/c1-2-15-17-13-5-3-4-6-14(13)18(15)10-12(19)9-16-11-7-8-11/h3-6,11-12,16,19H,2,7-10H2,1H3. The van der Waals surface area contributed by atoms with Gasteiger partial charge in [-0.25, -0.2) is 4.98 Å². The van der Waals surface area contributed by atoms with Crippen molar-refractivity contribution in [2.45, 2.75) is 44.9 Å². The van der Waals surface area contributed by atoms with E-state index in [1.807, 2.05) is 18.2 Å². The molecule has 1 unspecified atom stereocenters. The molecule has 0 amide bonds. The number of aliphatic hydroxyl groups is 1. The van der Waals surface area contributed by atoms with Crippen LogP contribution < -0.4 is 5.32 Å². The fourth-order valence-electron chi connectivity index (χ4n) is 2.46. The van der Waals surface area contributed by atoms with E-state index < -0.39 is 0 Å². The molecular weight excluding hydrogens is 238 g/mol. The molecule has 2 N–H and O–H groups in total. The SMILES string of the molecule is CCc1nc2ccccc2n1CC(O)CNC1CC1. The minimum atomic E-state index is -0.358. The van der Waals surface area contributed by atoms with Gasteiger partial charge < -0.3 is 15.0 Å². The number of para-hydroxylation sites is 2. The predicted molar refractivity (Wildman–Crippen MR) is 76.1 cm³/mol. The minimum Gasteiger partial charge on any atom is -0.390 e. The Morgan fingerprint density at radius 1 is 1.42 bits per heavy atom. The van der Waals surface area contributed by atoms with Gasteiger partial charge in [-0.1, -0.05) is 19.1 Å². The largest absolute Gasteiger partial charge is 0.390 e. The second-order valence-electron chi connectivity index (χ2n) is 5.32. The summed E-state index contributed by atoms with van der Waals surface area (Å²) in [6, 6.07) is 8.77. The topological polar surface area (TPSA) is 50.1 Å². The number of benzene rings is 1. The van der Waals surface area contributed by atoms with Crippen molar-refractivity contribution in [2.24, 2.45) is 0 Å². The van der Waals surface area contributed by atoms with Gasteiger partial charge in [0.15, 0.2) is 0 Å². The Labute approximate surface area is 113 Å². The first-order chi connectivity index (χ1) is 9.28. The number of imidazole rings is 1. The van der Waals surface area contributed by atoms with Crippen molar-refractivity contribution < 1.29 is 5.11 Å². The van der Waals surface area contributed by atoms with E-state index >= 15 is 0 Å². The highest BCUT2D eigenvalue weighted by molar-refractivity contribution is 5.75. The molecule has 1 heterocycles. The van der Waals surface area contributed by atoms with E-state index in [0.717, 1.165) is 23.3 Å². The molecule has 0 saturated heterocycles. The monoisotopic (exact) mass is 259 g/mol. The summed E-state index contributed by atoms with van der Waals surface area (Å²) in [5, 5.41) is 13.5. The van der Waals surface area contributed by atoms with Gasteiger partial charge in [0, 0.05) is 19.0 Å². The van der Waals surface area contributed by atoms with Gasteiger partial charge >= 0.3 is 0 Å². The quantitative estimate of drug-likeness (QED) is 0.830. The van der Waals surface area contributed by atoms with Crippen LogP contribution in [0.2, 0.25) is 0 Å². The number of nitrogens with zero attached hydrogens (tertiary/aromatic N) is 2. The van der Waals surface area contributed by atoms with Crippen LogP contribution in [0.4, 0.5) is 0 Å². The van der Waals surface area contributed by atoms with Crippen LogP contribution in [0, 0.1) is 0 Å². The number of hydrogen-bond donors (Lipinski definition) is 2. The summed E-state index contributed by atoms with van der Waals surface area (Å²) in [5.41, 5.74) is 2.13. The molecule has 1 aromatic carbocycles. The summed E-state index contributed by atoms with van der Waals surface area (Å²) in [4.78, 5) is 4.62. The van der Waals surface area contributed by atoms with Crippen LogP contribution in [-0.4, -0.2) is 33.3 Å². The van der Waals surface area contributed by atoms with E-state index in [2.05, 4.69) is 27.9 Å². The van der Waals surface area contributed by atoms with E-state index in [4.69, 9.17) is 0 Å². The summed E-state index contributed by atoms with van der Waals surface area (Å²) in [6.07, 6.45) is 3.03. The van der Waals surface area contributed by atoms with Crippen LogP contribution in [0.5, 0.6) is 0 Å². The number of nitrogens with one attached hydrogen (secondary N) is 1. The highest BCUT2D eigenvalue weighted by Crippen LogP contribution is 2.19. The van der Waals surface area contributed by atoms with Gasteiger partial charge in [0.2, 0.25) is 0 Å². The zero-order chi connectivity index (χ0) is 13.2. The van der Waals surface area contributed by atoms with Gasteiger partial charge in [-0.3, -0.25) is 0 Å². The number of rotatable bonds is 6. The number of hydrogen-bond acceptors (Lipinski definition) is 3. The molecule has 0 bridgehead atoms. The fraction of sp³-hybridized carbons (Fsp3) is 0.533. The van der Waals surface area contributed by atoms with Crippen molar-refractivity contribution in [1.82, 2.24) is 14.9 Å². The molecule has 1 aromatic heterocycles. The summed E-state index contributed by atoms with van der Waals surface area (Å²) in [7, 11) is 0. The number of aryl methyl sites for hydroxylation is 1. The van der Waals surface area contributed by atoms with Crippen molar-refractivity contribution >= 4 is 11.0 Å². The maximum atomic E-state index is 10.2. The molecule has 4 heteroatoms. The molecule has 102 valence electrons. The molecule has 3 rings (SSSR count). The summed E-state index contributed by atoms with van der Waals surface area (Å²) >= 11 is 0. The molecular formula is C15H21N3O. The smallest absolute Gasteiger partial charge is 0.109 e. The maximum Gasteiger partial charge on any atom is 0.109 e. The minimum absolute atomic E-state index is 0.358. The Bertz CT molecular complexity index is 560. The van der Waals surface area contributed by atoms with E-state index in [0.29, 0.717) is 19.1 Å². The van der Waals surface area contributed by atoms with Gasteiger partial charge in [0.05, 0.1) is 23.7 Å². The lowest BCUT2D eigenvalue weighted by Crippen LogP contribution is -2.31. The normalized spacial score (nSPS) is 16.9. The summed E-state index contributed by atoms with van der Waals surface area (Å²) in [6.45, 7) is 3.39. The highest BCUT2D eigenvalue weighted by Gasteiger charge is 2.21. The molecule has 2 aromatic rings. The van der Waals surface area contributed by atoms with Crippen LogP contribution in [0.3, 0.4) is 0 Å². The van der Waals surface area contributed by atoms with Gasteiger partial charge in [0.25, 0.3) is 0 Å². The first-order valence-corrected chi connectivity index (χ1v) is 7.13. The van der Waals surface area contributed by atoms with Gasteiger partial charge in [0.1, 0.15) is 5.82 Å². The zero-order valence-corrected chi connectivity index (χ0v) is 11.3. The van der Waals surface area contributed by atoms with Gasteiger partial charge in [-0.05, 0) is 25.0 Å². The van der Waals surface area contributed by atoms with Crippen LogP contribution in [0.15, 0.2) is 24.3 Å². The molecule has 1 saturated carbocycles. The van der Waals surface area contributed by atoms with E-state index in [-0.39, 0.29) is 6.10 Å². The average molecular weight is 259 g/mol. The molecule has 4 nitrogen and oxygen atoms in total. The average Bonchev–Trinajstić information content (AvgIpc) is 3.19. The zero-order valence-electron chi connectivity index (χ0n) is 11.3. The fourth-order valence-corrected chi connectivity index (χ4v) is 2.46. The van der Waals surface area contributed by atoms with Crippen LogP contribution in [0.25, 0.3) is 11.0 Å².